The number of hydrogen-bond donors (Lipinski definition) is 1. The molecule has 1 aromatic carbocycles. The number of nitrogens with zero attached hydrogens (tertiary/aromatic N) is 3. The number of nitrogens with two attached hydrogens (primary N) is 1. The second-order valence-electron chi connectivity index (χ2n) is 6.13. The fourth-order valence-electron chi connectivity index (χ4n) is 2.64. The van der Waals surface area contributed by atoms with Gasteiger partial charge < -0.3 is 15.2 Å². The van der Waals surface area contributed by atoms with Gasteiger partial charge in [0, 0.05) is 12.6 Å². The van der Waals surface area contributed by atoms with E-state index in [2.05, 4.69) is 10.2 Å². The SMILES string of the molecule is Cc1ccc(OC2CCN(S(=O)(=O)c3ccc(OCC(N)=O)cc3)C2)nn1. The molecule has 2 aromatic rings. The van der Waals surface area contributed by atoms with Crippen molar-refractivity contribution in [2.24, 2.45) is 5.73 Å². The van der Waals surface area contributed by atoms with Crippen molar-refractivity contribution >= 4 is 15.9 Å². The fraction of sp³-hybridized carbons (Fsp3) is 0.353. The number of hydrogen-bond acceptors (Lipinski definition) is 7. The zero-order chi connectivity index (χ0) is 19.4. The van der Waals surface area contributed by atoms with Gasteiger partial charge in [-0.3, -0.25) is 4.79 Å². The van der Waals surface area contributed by atoms with Crippen LogP contribution in [0.3, 0.4) is 0 Å². The number of rotatable bonds is 7. The number of benzene rings is 1. The summed E-state index contributed by atoms with van der Waals surface area (Å²) in [7, 11) is -3.65. The van der Waals surface area contributed by atoms with Crippen LogP contribution in [-0.4, -0.2) is 54.6 Å². The van der Waals surface area contributed by atoms with E-state index in [1.165, 1.54) is 28.6 Å². The topological polar surface area (TPSA) is 125 Å². The standard InChI is InChI=1S/C17H20N4O5S/c1-12-2-7-17(20-19-12)26-14-8-9-21(10-14)27(23,24)15-5-3-13(4-6-15)25-11-16(18)22/h2-7,14H,8-11H2,1H3,(H2,18,22). The number of primary amides is 1. The van der Waals surface area contributed by atoms with Crippen LogP contribution in [0.1, 0.15) is 12.1 Å². The molecule has 0 aliphatic carbocycles. The van der Waals surface area contributed by atoms with Crippen LogP contribution in [0.15, 0.2) is 41.3 Å². The predicted molar refractivity (Wildman–Crippen MR) is 95.7 cm³/mol. The molecule has 1 amide bonds. The van der Waals surface area contributed by atoms with E-state index in [-0.39, 0.29) is 24.2 Å². The molecule has 2 heterocycles. The van der Waals surface area contributed by atoms with Crippen LogP contribution in [0, 0.1) is 6.92 Å². The van der Waals surface area contributed by atoms with Gasteiger partial charge in [-0.05, 0) is 43.7 Å². The van der Waals surface area contributed by atoms with E-state index in [0.717, 1.165) is 5.69 Å². The first-order valence-corrected chi connectivity index (χ1v) is 9.77. The third-order valence-electron chi connectivity index (χ3n) is 4.01. The monoisotopic (exact) mass is 392 g/mol. The van der Waals surface area contributed by atoms with Gasteiger partial charge in [0.15, 0.2) is 6.61 Å². The highest BCUT2D eigenvalue weighted by Gasteiger charge is 2.33. The summed E-state index contributed by atoms with van der Waals surface area (Å²) < 4.78 is 37.8. The van der Waals surface area contributed by atoms with Crippen molar-refractivity contribution in [2.75, 3.05) is 19.7 Å². The van der Waals surface area contributed by atoms with E-state index >= 15 is 0 Å². The Kier molecular flexibility index (Phi) is 5.57. The van der Waals surface area contributed by atoms with E-state index in [0.29, 0.717) is 24.6 Å². The fourth-order valence-corrected chi connectivity index (χ4v) is 4.13. The molecule has 1 unspecified atom stereocenters. The van der Waals surface area contributed by atoms with E-state index < -0.39 is 15.9 Å². The van der Waals surface area contributed by atoms with Crippen LogP contribution in [0.4, 0.5) is 0 Å². The van der Waals surface area contributed by atoms with Crippen molar-refractivity contribution in [3.8, 4) is 11.6 Å². The van der Waals surface area contributed by atoms with Gasteiger partial charge >= 0.3 is 0 Å². The molecule has 10 heteroatoms. The molecule has 1 aliphatic rings. The van der Waals surface area contributed by atoms with Crippen LogP contribution < -0.4 is 15.2 Å². The summed E-state index contributed by atoms with van der Waals surface area (Å²) in [6.07, 6.45) is 0.282. The highest BCUT2D eigenvalue weighted by molar-refractivity contribution is 7.89. The van der Waals surface area contributed by atoms with Gasteiger partial charge in [-0.25, -0.2) is 8.42 Å². The quantitative estimate of drug-likeness (QED) is 0.727. The van der Waals surface area contributed by atoms with Gasteiger partial charge in [-0.15, -0.1) is 5.10 Å². The molecule has 0 radical (unpaired) electrons. The maximum atomic E-state index is 12.8. The van der Waals surface area contributed by atoms with Crippen LogP contribution in [0.25, 0.3) is 0 Å². The molecule has 1 aliphatic heterocycles. The third-order valence-corrected chi connectivity index (χ3v) is 5.89. The van der Waals surface area contributed by atoms with Crippen molar-refractivity contribution in [1.82, 2.24) is 14.5 Å². The van der Waals surface area contributed by atoms with Crippen molar-refractivity contribution in [2.45, 2.75) is 24.3 Å². The molecule has 1 fully saturated rings. The maximum absolute atomic E-state index is 12.8. The van der Waals surface area contributed by atoms with Gasteiger partial charge in [-0.1, -0.05) is 0 Å². The van der Waals surface area contributed by atoms with E-state index in [9.17, 15) is 13.2 Å². The minimum Gasteiger partial charge on any atom is -0.484 e. The Labute approximate surface area is 157 Å². The van der Waals surface area contributed by atoms with Crippen LogP contribution in [0.5, 0.6) is 11.6 Å². The van der Waals surface area contributed by atoms with Crippen LogP contribution in [-0.2, 0) is 14.8 Å². The van der Waals surface area contributed by atoms with Crippen molar-refractivity contribution < 1.29 is 22.7 Å². The van der Waals surface area contributed by atoms with Gasteiger partial charge in [0.25, 0.3) is 5.91 Å². The molecule has 1 saturated heterocycles. The van der Waals surface area contributed by atoms with E-state index in [1.807, 2.05) is 6.92 Å². The number of aryl methyl sites for hydroxylation is 1. The Morgan fingerprint density at radius 3 is 2.59 bits per heavy atom. The number of sulfonamides is 1. The summed E-state index contributed by atoms with van der Waals surface area (Å²) in [6.45, 7) is 2.15. The summed E-state index contributed by atoms with van der Waals surface area (Å²) in [4.78, 5) is 10.9. The van der Waals surface area contributed by atoms with Crippen molar-refractivity contribution in [3.05, 3.63) is 42.1 Å². The Hall–Kier alpha value is -2.72. The smallest absolute Gasteiger partial charge is 0.255 e. The molecule has 27 heavy (non-hydrogen) atoms. The molecular weight excluding hydrogens is 372 g/mol. The Balaban J connectivity index is 1.63. The lowest BCUT2D eigenvalue weighted by Gasteiger charge is -2.17. The highest BCUT2D eigenvalue weighted by atomic mass is 32.2. The lowest BCUT2D eigenvalue weighted by atomic mass is 10.3. The summed E-state index contributed by atoms with van der Waals surface area (Å²) in [5.41, 5.74) is 5.79. The normalized spacial score (nSPS) is 17.6. The van der Waals surface area contributed by atoms with Gasteiger partial charge in [-0.2, -0.15) is 9.40 Å². The Bertz CT molecular complexity index is 900. The second kappa shape index (κ2) is 7.89. The van der Waals surface area contributed by atoms with Gasteiger partial charge in [0.1, 0.15) is 11.9 Å². The summed E-state index contributed by atoms with van der Waals surface area (Å²) >= 11 is 0. The first-order valence-electron chi connectivity index (χ1n) is 8.33. The molecule has 0 saturated carbocycles. The molecule has 1 atom stereocenters. The maximum Gasteiger partial charge on any atom is 0.255 e. The lowest BCUT2D eigenvalue weighted by Crippen LogP contribution is -2.31. The summed E-state index contributed by atoms with van der Waals surface area (Å²) in [6, 6.07) is 9.35. The van der Waals surface area contributed by atoms with Gasteiger partial charge in [0.2, 0.25) is 15.9 Å². The predicted octanol–water partition coefficient (Wildman–Crippen LogP) is 0.491. The second-order valence-corrected chi connectivity index (χ2v) is 8.07. The molecule has 2 N–H and O–H groups in total. The van der Waals surface area contributed by atoms with E-state index in [4.69, 9.17) is 15.2 Å². The van der Waals surface area contributed by atoms with Crippen LogP contribution in [0.2, 0.25) is 0 Å². The number of amides is 1. The first-order chi connectivity index (χ1) is 12.8. The average molecular weight is 392 g/mol. The molecule has 3 rings (SSSR count). The third kappa shape index (κ3) is 4.72. The summed E-state index contributed by atoms with van der Waals surface area (Å²) in [5, 5.41) is 7.86. The van der Waals surface area contributed by atoms with Crippen molar-refractivity contribution in [1.29, 1.82) is 0 Å². The molecule has 144 valence electrons. The largest absolute Gasteiger partial charge is 0.484 e. The molecular formula is C17H20N4O5S. The van der Waals surface area contributed by atoms with Crippen LogP contribution >= 0.6 is 0 Å². The Morgan fingerprint density at radius 2 is 1.96 bits per heavy atom. The molecule has 1 aromatic heterocycles. The molecule has 0 bridgehead atoms. The average Bonchev–Trinajstić information content (AvgIpc) is 3.12. The zero-order valence-corrected chi connectivity index (χ0v) is 15.6. The van der Waals surface area contributed by atoms with Gasteiger partial charge in [0.05, 0.1) is 17.1 Å². The number of aromatic nitrogens is 2. The van der Waals surface area contributed by atoms with Crippen molar-refractivity contribution in [3.63, 3.8) is 0 Å². The lowest BCUT2D eigenvalue weighted by molar-refractivity contribution is -0.119. The molecule has 0 spiro atoms. The first kappa shape index (κ1) is 19.1. The number of carbonyl (C=O) groups excluding carboxylic acids is 1. The zero-order valence-electron chi connectivity index (χ0n) is 14.7. The van der Waals surface area contributed by atoms with E-state index in [1.54, 1.807) is 12.1 Å². The number of ether oxygens (including phenoxy) is 2. The molecule has 9 nitrogen and oxygen atoms in total. The minimum atomic E-state index is -3.65. The minimum absolute atomic E-state index is 0.143. The Morgan fingerprint density at radius 1 is 1.22 bits per heavy atom. The highest BCUT2D eigenvalue weighted by Crippen LogP contribution is 2.25. The summed E-state index contributed by atoms with van der Waals surface area (Å²) in [5.74, 6) is 0.141. The number of carbonyl (C=O) groups is 1.